The Kier molecular flexibility index (Phi) is 6.51. The van der Waals surface area contributed by atoms with Gasteiger partial charge in [-0.3, -0.25) is 9.78 Å². The fourth-order valence-corrected chi connectivity index (χ4v) is 2.59. The summed E-state index contributed by atoms with van der Waals surface area (Å²) in [6.45, 7) is 5.39. The lowest BCUT2D eigenvalue weighted by Crippen LogP contribution is -2.39. The third kappa shape index (κ3) is 5.60. The average Bonchev–Trinajstić information content (AvgIpc) is 2.60. The number of hydrogen-bond acceptors (Lipinski definition) is 3. The first kappa shape index (κ1) is 18.4. The molecule has 1 aromatic carbocycles. The van der Waals surface area contributed by atoms with Gasteiger partial charge in [0.15, 0.2) is 0 Å². The highest BCUT2D eigenvalue weighted by Gasteiger charge is 2.15. The van der Waals surface area contributed by atoms with Crippen molar-refractivity contribution in [2.24, 2.45) is 0 Å². The number of urea groups is 1. The maximum Gasteiger partial charge on any atom is 0.315 e. The van der Waals surface area contributed by atoms with Gasteiger partial charge in [0, 0.05) is 25.0 Å². The predicted molar refractivity (Wildman–Crippen MR) is 98.1 cm³/mol. The summed E-state index contributed by atoms with van der Waals surface area (Å²) in [6, 6.07) is 10.7. The zero-order chi connectivity index (χ0) is 18.2. The lowest BCUT2D eigenvalue weighted by atomic mass is 10.1. The fourth-order valence-electron chi connectivity index (χ4n) is 2.59. The molecule has 0 aliphatic rings. The van der Waals surface area contributed by atoms with Crippen molar-refractivity contribution in [1.29, 1.82) is 0 Å². The fraction of sp³-hybridized carbons (Fsp3) is 0.316. The monoisotopic (exact) mass is 340 g/mol. The second kappa shape index (κ2) is 8.82. The Morgan fingerprint density at radius 3 is 2.44 bits per heavy atom. The number of nitrogens with one attached hydrogen (secondary N) is 3. The molecular formula is C19H24N4O2. The van der Waals surface area contributed by atoms with Gasteiger partial charge in [-0.1, -0.05) is 19.1 Å². The molecule has 2 rings (SSSR count). The first-order chi connectivity index (χ1) is 12.0. The number of pyridine rings is 1. The second-order valence-corrected chi connectivity index (χ2v) is 5.89. The molecular weight excluding hydrogens is 316 g/mol. The van der Waals surface area contributed by atoms with Crippen LogP contribution in [0.15, 0.2) is 48.8 Å². The van der Waals surface area contributed by atoms with Crippen LogP contribution in [-0.2, 0) is 4.79 Å². The minimum absolute atomic E-state index is 0.0686. The molecule has 1 heterocycles. The summed E-state index contributed by atoms with van der Waals surface area (Å²) >= 11 is 0. The number of amides is 3. The van der Waals surface area contributed by atoms with Gasteiger partial charge in [-0.25, -0.2) is 4.79 Å². The van der Waals surface area contributed by atoms with E-state index in [1.54, 1.807) is 12.4 Å². The van der Waals surface area contributed by atoms with E-state index in [4.69, 9.17) is 0 Å². The average molecular weight is 340 g/mol. The normalized spacial score (nSPS) is 12.8. The lowest BCUT2D eigenvalue weighted by molar-refractivity contribution is -0.114. The summed E-state index contributed by atoms with van der Waals surface area (Å²) in [5, 5.41) is 8.66. The van der Waals surface area contributed by atoms with E-state index >= 15 is 0 Å². The van der Waals surface area contributed by atoms with E-state index < -0.39 is 0 Å². The number of carbonyl (C=O) groups excluding carboxylic acids is 2. The molecule has 0 unspecified atom stereocenters. The van der Waals surface area contributed by atoms with Crippen molar-refractivity contribution >= 4 is 17.6 Å². The van der Waals surface area contributed by atoms with Crippen molar-refractivity contribution in [1.82, 2.24) is 15.6 Å². The van der Waals surface area contributed by atoms with E-state index in [0.717, 1.165) is 17.5 Å². The molecule has 6 heteroatoms. The summed E-state index contributed by atoms with van der Waals surface area (Å²) < 4.78 is 0. The van der Waals surface area contributed by atoms with Gasteiger partial charge in [0.25, 0.3) is 0 Å². The van der Waals surface area contributed by atoms with E-state index in [0.29, 0.717) is 5.69 Å². The standard InChI is InChI=1S/C19H24N4O2/c1-4-18(15-8-10-20-11-9-15)23-19(25)21-13(2)16-6-5-7-17(12-16)22-14(3)24/h5-13,18H,4H2,1-3H3,(H,22,24)(H2,21,23,25)/t13-,18-/m1/s1. The summed E-state index contributed by atoms with van der Waals surface area (Å²) in [5.74, 6) is -0.126. The number of nitrogens with zero attached hydrogens (tertiary/aromatic N) is 1. The third-order valence-electron chi connectivity index (χ3n) is 3.88. The van der Waals surface area contributed by atoms with E-state index in [1.807, 2.05) is 50.2 Å². The molecule has 2 atom stereocenters. The van der Waals surface area contributed by atoms with E-state index in [1.165, 1.54) is 6.92 Å². The molecule has 6 nitrogen and oxygen atoms in total. The molecule has 25 heavy (non-hydrogen) atoms. The van der Waals surface area contributed by atoms with Crippen molar-refractivity contribution in [3.8, 4) is 0 Å². The highest BCUT2D eigenvalue weighted by Crippen LogP contribution is 2.18. The van der Waals surface area contributed by atoms with Crippen LogP contribution in [0, 0.1) is 0 Å². The van der Waals surface area contributed by atoms with Crippen molar-refractivity contribution in [3.63, 3.8) is 0 Å². The SMILES string of the molecule is CC[C@@H](NC(=O)N[C@H](C)c1cccc(NC(C)=O)c1)c1ccncc1. The largest absolute Gasteiger partial charge is 0.332 e. The van der Waals surface area contributed by atoms with Gasteiger partial charge >= 0.3 is 6.03 Å². The number of benzene rings is 1. The van der Waals surface area contributed by atoms with Crippen LogP contribution < -0.4 is 16.0 Å². The Morgan fingerprint density at radius 2 is 1.80 bits per heavy atom. The maximum absolute atomic E-state index is 12.3. The zero-order valence-electron chi connectivity index (χ0n) is 14.7. The van der Waals surface area contributed by atoms with E-state index in [-0.39, 0.29) is 24.0 Å². The summed E-state index contributed by atoms with van der Waals surface area (Å²) in [7, 11) is 0. The number of anilines is 1. The molecule has 0 fully saturated rings. The van der Waals surface area contributed by atoms with Crippen LogP contribution in [0.25, 0.3) is 0 Å². The Labute approximate surface area is 148 Å². The molecule has 3 N–H and O–H groups in total. The van der Waals surface area contributed by atoms with Gasteiger partial charge < -0.3 is 16.0 Å². The molecule has 2 aromatic rings. The van der Waals surface area contributed by atoms with Gasteiger partial charge in [-0.2, -0.15) is 0 Å². The van der Waals surface area contributed by atoms with Gasteiger partial charge in [0.05, 0.1) is 12.1 Å². The summed E-state index contributed by atoms with van der Waals surface area (Å²) in [4.78, 5) is 27.5. The molecule has 0 radical (unpaired) electrons. The van der Waals surface area contributed by atoms with Crippen LogP contribution in [0.4, 0.5) is 10.5 Å². The van der Waals surface area contributed by atoms with Crippen molar-refractivity contribution in [2.75, 3.05) is 5.32 Å². The topological polar surface area (TPSA) is 83.1 Å². The molecule has 0 saturated heterocycles. The van der Waals surface area contributed by atoms with Crippen LogP contribution in [0.5, 0.6) is 0 Å². The summed E-state index contributed by atoms with van der Waals surface area (Å²) in [6.07, 6.45) is 4.21. The lowest BCUT2D eigenvalue weighted by Gasteiger charge is -2.21. The van der Waals surface area contributed by atoms with Gasteiger partial charge in [-0.05, 0) is 48.7 Å². The first-order valence-corrected chi connectivity index (χ1v) is 8.34. The van der Waals surface area contributed by atoms with E-state index in [9.17, 15) is 9.59 Å². The molecule has 0 spiro atoms. The van der Waals surface area contributed by atoms with Gasteiger partial charge in [0.2, 0.25) is 5.91 Å². The summed E-state index contributed by atoms with van der Waals surface area (Å²) in [5.41, 5.74) is 2.65. The highest BCUT2D eigenvalue weighted by atomic mass is 16.2. The Balaban J connectivity index is 1.98. The molecule has 0 bridgehead atoms. The van der Waals surface area contributed by atoms with E-state index in [2.05, 4.69) is 20.9 Å². The minimum atomic E-state index is -0.235. The number of aromatic nitrogens is 1. The van der Waals surface area contributed by atoms with Crippen molar-refractivity contribution in [2.45, 2.75) is 39.3 Å². The molecule has 3 amide bonds. The quantitative estimate of drug-likeness (QED) is 0.752. The van der Waals surface area contributed by atoms with Crippen LogP contribution in [-0.4, -0.2) is 16.9 Å². The van der Waals surface area contributed by atoms with Crippen LogP contribution in [0.3, 0.4) is 0 Å². The first-order valence-electron chi connectivity index (χ1n) is 8.34. The Bertz CT molecular complexity index is 718. The molecule has 0 aliphatic carbocycles. The second-order valence-electron chi connectivity index (χ2n) is 5.89. The minimum Gasteiger partial charge on any atom is -0.332 e. The molecule has 1 aromatic heterocycles. The van der Waals surface area contributed by atoms with Crippen LogP contribution >= 0.6 is 0 Å². The predicted octanol–water partition coefficient (Wildman–Crippen LogP) is 3.55. The number of rotatable bonds is 6. The van der Waals surface area contributed by atoms with Crippen LogP contribution in [0.2, 0.25) is 0 Å². The Morgan fingerprint density at radius 1 is 1.08 bits per heavy atom. The van der Waals surface area contributed by atoms with Crippen molar-refractivity contribution < 1.29 is 9.59 Å². The van der Waals surface area contributed by atoms with Crippen molar-refractivity contribution in [3.05, 3.63) is 59.9 Å². The number of carbonyl (C=O) groups is 2. The third-order valence-corrected chi connectivity index (χ3v) is 3.88. The smallest absolute Gasteiger partial charge is 0.315 e. The highest BCUT2D eigenvalue weighted by molar-refractivity contribution is 5.88. The maximum atomic E-state index is 12.3. The Hall–Kier alpha value is -2.89. The zero-order valence-corrected chi connectivity index (χ0v) is 14.7. The van der Waals surface area contributed by atoms with Gasteiger partial charge in [-0.15, -0.1) is 0 Å². The molecule has 132 valence electrons. The van der Waals surface area contributed by atoms with Crippen LogP contribution in [0.1, 0.15) is 50.4 Å². The molecule has 0 saturated carbocycles. The number of hydrogen-bond donors (Lipinski definition) is 3. The van der Waals surface area contributed by atoms with Gasteiger partial charge in [0.1, 0.15) is 0 Å². The molecule has 0 aliphatic heterocycles.